The molecule has 4 N–H and O–H groups in total. The number of nitrogens with two attached hydrogens (primary N) is 1. The van der Waals surface area contributed by atoms with Crippen LogP contribution in [0.1, 0.15) is 79.8 Å². The van der Waals surface area contributed by atoms with Crippen molar-refractivity contribution in [2.45, 2.75) is 117 Å². The molecule has 1 saturated heterocycles. The third kappa shape index (κ3) is 11.4. The summed E-state index contributed by atoms with van der Waals surface area (Å²) in [6.45, 7) is 14.2. The smallest absolute Gasteiger partial charge is 0.252 e. The van der Waals surface area contributed by atoms with Gasteiger partial charge in [-0.3, -0.25) is 29.0 Å². The van der Waals surface area contributed by atoms with Crippen LogP contribution in [0, 0.1) is 23.7 Å². The van der Waals surface area contributed by atoms with Gasteiger partial charge in [-0.25, -0.2) is 5.90 Å². The van der Waals surface area contributed by atoms with Crippen molar-refractivity contribution < 1.29 is 33.5 Å². The quantitative estimate of drug-likeness (QED) is 0.175. The number of carbonyl (C=O) groups is 4. The summed E-state index contributed by atoms with van der Waals surface area (Å²) < 4.78 is 11.9. The highest BCUT2D eigenvalue weighted by Crippen LogP contribution is 2.29. The lowest BCUT2D eigenvalue weighted by atomic mass is 9.89. The number of likely N-dealkylation sites (N-methyl/N-ethyl adjacent to an activating group) is 1. The molecule has 0 unspecified atom stereocenters. The van der Waals surface area contributed by atoms with Crippen LogP contribution in [0.5, 0.6) is 0 Å². The number of carbonyl (C=O) groups excluding carboxylic acids is 4. The number of rotatable bonds is 20. The monoisotopic (exact) mass is 690 g/mol. The molecule has 1 fully saturated rings. The van der Waals surface area contributed by atoms with Crippen molar-refractivity contribution in [3.05, 3.63) is 30.1 Å². The molecular weight excluding hydrogens is 628 g/mol. The fraction of sp³-hybridized carbons (Fsp3) is 0.750. The molecule has 0 aliphatic carbocycles. The van der Waals surface area contributed by atoms with Gasteiger partial charge in [0.2, 0.25) is 17.7 Å². The van der Waals surface area contributed by atoms with Crippen LogP contribution in [0.15, 0.2) is 24.4 Å². The van der Waals surface area contributed by atoms with E-state index in [1.165, 1.54) is 0 Å². The Kier molecular flexibility index (Phi) is 17.6. The molecule has 1 aliphatic heterocycles. The van der Waals surface area contributed by atoms with E-state index in [0.29, 0.717) is 25.9 Å². The second-order valence-corrected chi connectivity index (χ2v) is 14.0. The summed E-state index contributed by atoms with van der Waals surface area (Å²) in [5.41, 5.74) is 0.896. The second kappa shape index (κ2) is 20.5. The van der Waals surface area contributed by atoms with Crippen molar-refractivity contribution in [2.24, 2.45) is 29.6 Å². The van der Waals surface area contributed by atoms with Gasteiger partial charge in [-0.1, -0.05) is 61.0 Å². The highest BCUT2D eigenvalue weighted by Gasteiger charge is 2.43. The Hall–Kier alpha value is -3.13. The minimum absolute atomic E-state index is 0.0260. The van der Waals surface area contributed by atoms with E-state index in [0.717, 1.165) is 18.5 Å². The number of hydrogen-bond acceptors (Lipinski definition) is 9. The third-order valence-electron chi connectivity index (χ3n) is 9.91. The minimum atomic E-state index is -0.904. The van der Waals surface area contributed by atoms with Gasteiger partial charge in [0.05, 0.1) is 36.6 Å². The molecule has 13 nitrogen and oxygen atoms in total. The fourth-order valence-corrected chi connectivity index (χ4v) is 6.82. The molecule has 49 heavy (non-hydrogen) atoms. The largest absolute Gasteiger partial charge is 0.379 e. The summed E-state index contributed by atoms with van der Waals surface area (Å²) in [4.78, 5) is 66.9. The van der Waals surface area contributed by atoms with Crippen LogP contribution in [0.25, 0.3) is 0 Å². The van der Waals surface area contributed by atoms with Crippen LogP contribution in [0.2, 0.25) is 0 Å². The van der Waals surface area contributed by atoms with Gasteiger partial charge in [0.15, 0.2) is 6.10 Å². The van der Waals surface area contributed by atoms with E-state index in [1.54, 1.807) is 32.4 Å². The fourth-order valence-electron chi connectivity index (χ4n) is 6.82. The zero-order valence-corrected chi connectivity index (χ0v) is 31.3. The van der Waals surface area contributed by atoms with E-state index >= 15 is 0 Å². The third-order valence-corrected chi connectivity index (χ3v) is 9.91. The van der Waals surface area contributed by atoms with Gasteiger partial charge in [-0.05, 0) is 42.7 Å². The molecular formula is C36H62N6O7. The van der Waals surface area contributed by atoms with Crippen molar-refractivity contribution in [3.63, 3.8) is 0 Å². The molecule has 8 atom stereocenters. The average molecular weight is 691 g/mol. The molecule has 13 heteroatoms. The molecule has 1 aromatic heterocycles. The van der Waals surface area contributed by atoms with Gasteiger partial charge in [-0.15, -0.1) is 0 Å². The SMILES string of the molecule is CC[C@H](C)[C@@H]([C@@H](CC(=O)N1CCC[C@H]1[C@H](OC)[C@@H](C)C(=O)NCCc1ccccn1)OC)N(C)C(=O)[C@@H](NC(=O)[C@@H](ON)C(C)C)C(C)C. The number of nitrogens with one attached hydrogen (secondary N) is 2. The van der Waals surface area contributed by atoms with Crippen LogP contribution in [-0.2, 0) is 39.9 Å². The molecule has 2 rings (SSSR count). The van der Waals surface area contributed by atoms with Crippen molar-refractivity contribution >= 4 is 23.6 Å². The Balaban J connectivity index is 2.20. The van der Waals surface area contributed by atoms with Crippen LogP contribution in [-0.4, -0.2) is 109 Å². The Morgan fingerprint density at radius 3 is 2.27 bits per heavy atom. The number of pyridine rings is 1. The first-order valence-corrected chi connectivity index (χ1v) is 17.7. The maximum Gasteiger partial charge on any atom is 0.252 e. The minimum Gasteiger partial charge on any atom is -0.379 e. The number of ether oxygens (including phenoxy) is 2. The van der Waals surface area contributed by atoms with Crippen LogP contribution < -0.4 is 16.5 Å². The standard InChI is InChI=1S/C36H62N6O7/c1-11-24(6)31(41(8)36(46)30(22(2)3)40-35(45)32(49-37)23(4)5)28(47-9)21-29(43)42-20-14-16-27(42)33(48-10)25(7)34(44)39-19-17-26-15-12-13-18-38-26/h12-13,15,18,22-25,27-28,30-33H,11,14,16-17,19-21,37H2,1-10H3,(H,39,44)(H,40,45)/t24-,25+,27-,28+,30-,31-,32-,33+/m0/s1. The Morgan fingerprint density at radius 2 is 1.73 bits per heavy atom. The molecule has 0 aromatic carbocycles. The normalized spacial score (nSPS) is 19.1. The van der Waals surface area contributed by atoms with E-state index in [4.69, 9.17) is 20.2 Å². The molecule has 0 saturated carbocycles. The number of likely N-dealkylation sites (tertiary alicyclic amines) is 1. The Bertz CT molecular complexity index is 1190. The first-order valence-electron chi connectivity index (χ1n) is 17.7. The van der Waals surface area contributed by atoms with E-state index in [2.05, 4.69) is 15.6 Å². The zero-order valence-electron chi connectivity index (χ0n) is 31.3. The van der Waals surface area contributed by atoms with E-state index < -0.39 is 42.2 Å². The summed E-state index contributed by atoms with van der Waals surface area (Å²) in [6, 6.07) is 4.11. The topological polar surface area (TPSA) is 165 Å². The van der Waals surface area contributed by atoms with Crippen molar-refractivity contribution in [1.82, 2.24) is 25.4 Å². The van der Waals surface area contributed by atoms with Crippen molar-refractivity contribution in [2.75, 3.05) is 34.4 Å². The molecule has 1 aliphatic rings. The molecule has 4 amide bonds. The predicted molar refractivity (Wildman–Crippen MR) is 188 cm³/mol. The maximum atomic E-state index is 14.0. The molecule has 1 aromatic rings. The first-order chi connectivity index (χ1) is 23.2. The lowest BCUT2D eigenvalue weighted by Crippen LogP contribution is -2.59. The summed E-state index contributed by atoms with van der Waals surface area (Å²) in [5, 5.41) is 5.84. The van der Waals surface area contributed by atoms with Crippen molar-refractivity contribution in [1.29, 1.82) is 0 Å². The van der Waals surface area contributed by atoms with Gasteiger partial charge in [-0.2, -0.15) is 0 Å². The van der Waals surface area contributed by atoms with Crippen LogP contribution in [0.4, 0.5) is 0 Å². The van der Waals surface area contributed by atoms with Gasteiger partial charge in [0.25, 0.3) is 5.91 Å². The molecule has 2 heterocycles. The van der Waals surface area contributed by atoms with Gasteiger partial charge in [0, 0.05) is 52.7 Å². The van der Waals surface area contributed by atoms with E-state index in [-0.39, 0.29) is 47.9 Å². The number of aromatic nitrogens is 1. The predicted octanol–water partition coefficient (Wildman–Crippen LogP) is 2.72. The highest BCUT2D eigenvalue weighted by atomic mass is 16.6. The maximum absolute atomic E-state index is 14.0. The summed E-state index contributed by atoms with van der Waals surface area (Å²) in [6.07, 6.45) is 2.58. The Labute approximate surface area is 293 Å². The summed E-state index contributed by atoms with van der Waals surface area (Å²) >= 11 is 0. The van der Waals surface area contributed by atoms with Gasteiger partial charge >= 0.3 is 0 Å². The number of hydrogen-bond donors (Lipinski definition) is 3. The van der Waals surface area contributed by atoms with E-state index in [9.17, 15) is 19.2 Å². The van der Waals surface area contributed by atoms with Crippen LogP contribution in [0.3, 0.4) is 0 Å². The summed E-state index contributed by atoms with van der Waals surface area (Å²) in [5.74, 6) is 3.45. The summed E-state index contributed by atoms with van der Waals surface area (Å²) in [7, 11) is 4.83. The number of amides is 4. The highest BCUT2D eigenvalue weighted by molar-refractivity contribution is 5.90. The van der Waals surface area contributed by atoms with E-state index in [1.807, 2.05) is 71.6 Å². The lowest BCUT2D eigenvalue weighted by Gasteiger charge is -2.41. The first kappa shape index (κ1) is 42.0. The average Bonchev–Trinajstić information content (AvgIpc) is 3.56. The number of methoxy groups -OCH3 is 2. The van der Waals surface area contributed by atoms with Gasteiger partial charge in [0.1, 0.15) is 6.04 Å². The molecule has 0 spiro atoms. The molecule has 278 valence electrons. The number of nitrogens with zero attached hydrogens (tertiary/aromatic N) is 3. The lowest BCUT2D eigenvalue weighted by molar-refractivity contribution is -0.149. The zero-order chi connectivity index (χ0) is 36.8. The second-order valence-electron chi connectivity index (χ2n) is 14.0. The Morgan fingerprint density at radius 1 is 1.04 bits per heavy atom. The molecule has 0 radical (unpaired) electrons. The van der Waals surface area contributed by atoms with Crippen molar-refractivity contribution in [3.8, 4) is 0 Å². The molecule has 0 bridgehead atoms. The van der Waals surface area contributed by atoms with Crippen LogP contribution >= 0.6 is 0 Å². The van der Waals surface area contributed by atoms with Gasteiger partial charge < -0.3 is 29.9 Å².